The van der Waals surface area contributed by atoms with E-state index in [0.717, 1.165) is 5.56 Å². The van der Waals surface area contributed by atoms with Gasteiger partial charge in [0.05, 0.1) is 23.8 Å². The summed E-state index contributed by atoms with van der Waals surface area (Å²) >= 11 is 0. The highest BCUT2D eigenvalue weighted by atomic mass is 32.2. The van der Waals surface area contributed by atoms with Crippen molar-refractivity contribution in [2.45, 2.75) is 56.6 Å². The molecule has 0 spiro atoms. The van der Waals surface area contributed by atoms with E-state index in [-0.39, 0.29) is 29.4 Å². The van der Waals surface area contributed by atoms with Crippen molar-refractivity contribution in [2.24, 2.45) is 5.92 Å². The topological polar surface area (TPSA) is 110 Å². The summed E-state index contributed by atoms with van der Waals surface area (Å²) in [6.07, 6.45) is 0.460. The SMILES string of the molecule is COC(=O)[C@H](CC(C)C)N(C(=O)C(Cc1ccccc1)NC(C)=O)[C@@H]1CS(=O)(=O)c2ccccc21. The zero-order valence-electron chi connectivity index (χ0n) is 20.4. The number of carbonyl (C=O) groups excluding carboxylic acids is 3. The predicted molar refractivity (Wildman–Crippen MR) is 131 cm³/mol. The number of sulfone groups is 1. The average molecular weight is 501 g/mol. The van der Waals surface area contributed by atoms with E-state index in [1.807, 2.05) is 44.2 Å². The molecule has 3 rings (SSSR count). The number of carbonyl (C=O) groups is 3. The predicted octanol–water partition coefficient (Wildman–Crippen LogP) is 2.68. The number of fused-ring (bicyclic) bond motifs is 1. The summed E-state index contributed by atoms with van der Waals surface area (Å²) in [7, 11) is -2.43. The molecule has 0 radical (unpaired) electrons. The maximum atomic E-state index is 14.1. The van der Waals surface area contributed by atoms with Crippen molar-refractivity contribution < 1.29 is 27.5 Å². The van der Waals surface area contributed by atoms with Gasteiger partial charge in [-0.2, -0.15) is 0 Å². The lowest BCUT2D eigenvalue weighted by molar-refractivity contribution is -0.156. The Hall–Kier alpha value is -3.20. The largest absolute Gasteiger partial charge is 0.467 e. The summed E-state index contributed by atoms with van der Waals surface area (Å²) in [6, 6.07) is 12.8. The lowest BCUT2D eigenvalue weighted by Gasteiger charge is -2.38. The van der Waals surface area contributed by atoms with Gasteiger partial charge in [0.15, 0.2) is 9.84 Å². The number of hydrogen-bond acceptors (Lipinski definition) is 6. The number of hydrogen-bond donors (Lipinski definition) is 1. The lowest BCUT2D eigenvalue weighted by atomic mass is 9.96. The fourth-order valence-electron chi connectivity index (χ4n) is 4.56. The van der Waals surface area contributed by atoms with Crippen LogP contribution in [-0.2, 0) is 35.4 Å². The van der Waals surface area contributed by atoms with Crippen LogP contribution in [0.4, 0.5) is 0 Å². The Morgan fingerprint density at radius 1 is 1.06 bits per heavy atom. The Labute approximate surface area is 206 Å². The molecule has 1 heterocycles. The van der Waals surface area contributed by atoms with E-state index >= 15 is 0 Å². The Balaban J connectivity index is 2.13. The van der Waals surface area contributed by atoms with Crippen LogP contribution in [0.5, 0.6) is 0 Å². The molecule has 1 N–H and O–H groups in total. The molecule has 35 heavy (non-hydrogen) atoms. The molecule has 8 nitrogen and oxygen atoms in total. The third-order valence-corrected chi connectivity index (χ3v) is 7.84. The first-order valence-electron chi connectivity index (χ1n) is 11.6. The van der Waals surface area contributed by atoms with Gasteiger partial charge in [0.25, 0.3) is 0 Å². The van der Waals surface area contributed by atoms with Gasteiger partial charge in [0.1, 0.15) is 12.1 Å². The number of rotatable bonds is 9. The van der Waals surface area contributed by atoms with Crippen molar-refractivity contribution in [1.82, 2.24) is 10.2 Å². The van der Waals surface area contributed by atoms with Gasteiger partial charge in [-0.05, 0) is 29.5 Å². The normalized spacial score (nSPS) is 17.8. The molecule has 0 fully saturated rings. The quantitative estimate of drug-likeness (QED) is 0.530. The second kappa shape index (κ2) is 11.0. The molecular weight excluding hydrogens is 468 g/mol. The standard InChI is InChI=1S/C26H32N2O6S/c1-17(2)14-22(26(31)34-4)28(23-16-35(32,33)24-13-9-8-12-20(23)24)25(30)21(27-18(3)29)15-19-10-6-5-7-11-19/h5-13,17,21-23H,14-16H2,1-4H3,(H,27,29)/t21?,22-,23+/m0/s1. The summed E-state index contributed by atoms with van der Waals surface area (Å²) in [6.45, 7) is 5.14. The second-order valence-electron chi connectivity index (χ2n) is 9.19. The summed E-state index contributed by atoms with van der Waals surface area (Å²) in [4.78, 5) is 40.7. The average Bonchev–Trinajstić information content (AvgIpc) is 3.08. The number of benzene rings is 2. The highest BCUT2D eigenvalue weighted by Crippen LogP contribution is 2.39. The molecule has 0 saturated carbocycles. The zero-order chi connectivity index (χ0) is 25.8. The van der Waals surface area contributed by atoms with Gasteiger partial charge >= 0.3 is 5.97 Å². The van der Waals surface area contributed by atoms with E-state index in [1.54, 1.807) is 18.2 Å². The van der Waals surface area contributed by atoms with Gasteiger partial charge in [-0.25, -0.2) is 13.2 Å². The highest BCUT2D eigenvalue weighted by Gasteiger charge is 2.46. The lowest BCUT2D eigenvalue weighted by Crippen LogP contribution is -2.56. The number of nitrogens with one attached hydrogen (secondary N) is 1. The molecule has 0 saturated heterocycles. The highest BCUT2D eigenvalue weighted by molar-refractivity contribution is 7.91. The van der Waals surface area contributed by atoms with E-state index in [1.165, 1.54) is 25.0 Å². The number of amides is 2. The van der Waals surface area contributed by atoms with Crippen LogP contribution >= 0.6 is 0 Å². The van der Waals surface area contributed by atoms with Crippen molar-refractivity contribution in [1.29, 1.82) is 0 Å². The van der Waals surface area contributed by atoms with Gasteiger partial charge in [-0.15, -0.1) is 0 Å². The number of methoxy groups -OCH3 is 1. The maximum absolute atomic E-state index is 14.1. The first-order chi connectivity index (χ1) is 16.5. The Morgan fingerprint density at radius 2 is 1.69 bits per heavy atom. The van der Waals surface area contributed by atoms with Crippen molar-refractivity contribution in [3.63, 3.8) is 0 Å². The third kappa shape index (κ3) is 6.08. The van der Waals surface area contributed by atoms with Gasteiger partial charge in [0.2, 0.25) is 11.8 Å². The maximum Gasteiger partial charge on any atom is 0.328 e. The minimum atomic E-state index is -3.67. The monoisotopic (exact) mass is 500 g/mol. The molecular formula is C26H32N2O6S. The van der Waals surface area contributed by atoms with Crippen LogP contribution in [0.2, 0.25) is 0 Å². The van der Waals surface area contributed by atoms with Gasteiger partial charge < -0.3 is 15.0 Å². The van der Waals surface area contributed by atoms with Crippen LogP contribution in [0.15, 0.2) is 59.5 Å². The summed E-state index contributed by atoms with van der Waals surface area (Å²) in [5, 5.41) is 2.71. The molecule has 1 aliphatic rings. The fraction of sp³-hybridized carbons (Fsp3) is 0.423. The van der Waals surface area contributed by atoms with Crippen LogP contribution in [0, 0.1) is 5.92 Å². The molecule has 0 aliphatic carbocycles. The Bertz CT molecular complexity index is 1180. The van der Waals surface area contributed by atoms with Crippen molar-refractivity contribution in [2.75, 3.05) is 12.9 Å². The molecule has 2 amide bonds. The molecule has 188 valence electrons. The first-order valence-corrected chi connectivity index (χ1v) is 13.2. The molecule has 2 aromatic carbocycles. The van der Waals surface area contributed by atoms with E-state index in [4.69, 9.17) is 4.74 Å². The van der Waals surface area contributed by atoms with Crippen LogP contribution in [-0.4, -0.2) is 56.0 Å². The molecule has 3 atom stereocenters. The van der Waals surface area contributed by atoms with E-state index in [0.29, 0.717) is 5.56 Å². The zero-order valence-corrected chi connectivity index (χ0v) is 21.2. The van der Waals surface area contributed by atoms with Crippen molar-refractivity contribution in [3.05, 3.63) is 65.7 Å². The molecule has 1 unspecified atom stereocenters. The van der Waals surface area contributed by atoms with E-state index < -0.39 is 45.7 Å². The second-order valence-corrected chi connectivity index (χ2v) is 11.2. The number of ether oxygens (including phenoxy) is 1. The fourth-order valence-corrected chi connectivity index (χ4v) is 6.35. The molecule has 0 bridgehead atoms. The minimum Gasteiger partial charge on any atom is -0.467 e. The van der Waals surface area contributed by atoms with E-state index in [9.17, 15) is 22.8 Å². The number of esters is 1. The van der Waals surface area contributed by atoms with Crippen molar-refractivity contribution >= 4 is 27.6 Å². The number of nitrogens with zero attached hydrogens (tertiary/aromatic N) is 1. The van der Waals surface area contributed by atoms with E-state index in [2.05, 4.69) is 5.32 Å². The van der Waals surface area contributed by atoms with Gasteiger partial charge in [0, 0.05) is 13.3 Å². The van der Waals surface area contributed by atoms with Crippen LogP contribution in [0.1, 0.15) is 44.4 Å². The summed E-state index contributed by atoms with van der Waals surface area (Å²) in [5.41, 5.74) is 1.28. The van der Waals surface area contributed by atoms with Gasteiger partial charge in [-0.1, -0.05) is 62.4 Å². The Morgan fingerprint density at radius 3 is 2.29 bits per heavy atom. The van der Waals surface area contributed by atoms with Crippen LogP contribution in [0.3, 0.4) is 0 Å². The van der Waals surface area contributed by atoms with Crippen LogP contribution in [0.25, 0.3) is 0 Å². The molecule has 0 aromatic heterocycles. The molecule has 1 aliphatic heterocycles. The van der Waals surface area contributed by atoms with Gasteiger partial charge in [-0.3, -0.25) is 9.59 Å². The Kier molecular flexibility index (Phi) is 8.32. The smallest absolute Gasteiger partial charge is 0.328 e. The molecule has 9 heteroatoms. The third-order valence-electron chi connectivity index (χ3n) is 6.04. The summed E-state index contributed by atoms with van der Waals surface area (Å²) in [5.74, 6) is -1.90. The van der Waals surface area contributed by atoms with Crippen molar-refractivity contribution in [3.8, 4) is 0 Å². The summed E-state index contributed by atoms with van der Waals surface area (Å²) < 4.78 is 31.0. The molecule has 2 aromatic rings. The first kappa shape index (κ1) is 26.4. The van der Waals surface area contributed by atoms with Crippen LogP contribution < -0.4 is 5.32 Å². The minimum absolute atomic E-state index is 0.0102.